The van der Waals surface area contributed by atoms with Crippen LogP contribution in [0.2, 0.25) is 0 Å². The summed E-state index contributed by atoms with van der Waals surface area (Å²) < 4.78 is 1.06. The summed E-state index contributed by atoms with van der Waals surface area (Å²) in [5.41, 5.74) is 5.33. The number of aromatic nitrogens is 3. The highest BCUT2D eigenvalue weighted by atomic mass is 32.1. The van der Waals surface area contributed by atoms with Gasteiger partial charge in [-0.2, -0.15) is 5.10 Å². The molecule has 2 rings (SSSR count). The molecule has 0 spiro atoms. The molecule has 2 aromatic heterocycles. The van der Waals surface area contributed by atoms with Gasteiger partial charge in [0.15, 0.2) is 5.13 Å². The summed E-state index contributed by atoms with van der Waals surface area (Å²) in [5, 5.41) is 8.32. The van der Waals surface area contributed by atoms with Gasteiger partial charge in [0.05, 0.1) is 12.1 Å². The van der Waals surface area contributed by atoms with Gasteiger partial charge in [0, 0.05) is 18.5 Å². The van der Waals surface area contributed by atoms with Crippen LogP contribution in [0, 0.1) is 0 Å². The van der Waals surface area contributed by atoms with Crippen LogP contribution in [0.3, 0.4) is 0 Å². The Labute approximate surface area is 117 Å². The van der Waals surface area contributed by atoms with Crippen molar-refractivity contribution in [3.63, 3.8) is 0 Å². The number of rotatable bonds is 4. The van der Waals surface area contributed by atoms with Crippen molar-refractivity contribution < 1.29 is 9.59 Å². The number of hydrogen-bond acceptors (Lipinski definition) is 6. The number of aryl methyl sites for hydroxylation is 1. The molecule has 2 aromatic rings. The molecule has 2 heterocycles. The van der Waals surface area contributed by atoms with Crippen molar-refractivity contribution in [3.05, 3.63) is 39.3 Å². The average Bonchev–Trinajstić information content (AvgIpc) is 2.79. The van der Waals surface area contributed by atoms with Crippen molar-refractivity contribution in [1.29, 1.82) is 0 Å². The van der Waals surface area contributed by atoms with E-state index in [1.165, 1.54) is 30.5 Å². The maximum absolute atomic E-state index is 11.9. The standard InChI is InChI=1S/C11H11N5O3S/c1-16-9(18)3-2-7(15-16)10(19)14-11-13-6(5-20-11)4-8(12)17/h2-3,5H,4H2,1H3,(H2,12,17)(H,13,14,19). The summed E-state index contributed by atoms with van der Waals surface area (Å²) in [6, 6.07) is 2.58. The van der Waals surface area contributed by atoms with Gasteiger partial charge in [-0.25, -0.2) is 9.67 Å². The topological polar surface area (TPSA) is 120 Å². The molecule has 2 amide bonds. The van der Waals surface area contributed by atoms with Crippen LogP contribution in [-0.2, 0) is 18.3 Å². The minimum Gasteiger partial charge on any atom is -0.369 e. The van der Waals surface area contributed by atoms with Gasteiger partial charge in [0.2, 0.25) is 5.91 Å². The molecule has 0 radical (unpaired) electrons. The molecule has 0 bridgehead atoms. The van der Waals surface area contributed by atoms with E-state index in [-0.39, 0.29) is 17.7 Å². The van der Waals surface area contributed by atoms with E-state index in [0.717, 1.165) is 4.68 Å². The zero-order valence-corrected chi connectivity index (χ0v) is 11.3. The Morgan fingerprint density at radius 3 is 2.85 bits per heavy atom. The normalized spacial score (nSPS) is 10.2. The molecule has 0 aliphatic rings. The van der Waals surface area contributed by atoms with Crippen LogP contribution in [0.15, 0.2) is 22.3 Å². The fourth-order valence-corrected chi connectivity index (χ4v) is 2.11. The molecule has 0 saturated heterocycles. The van der Waals surface area contributed by atoms with E-state index >= 15 is 0 Å². The highest BCUT2D eigenvalue weighted by molar-refractivity contribution is 7.14. The fraction of sp³-hybridized carbons (Fsp3) is 0.182. The lowest BCUT2D eigenvalue weighted by molar-refractivity contribution is -0.117. The molecule has 20 heavy (non-hydrogen) atoms. The number of anilines is 1. The summed E-state index contributed by atoms with van der Waals surface area (Å²) in [6.45, 7) is 0. The Bertz CT molecular complexity index is 721. The van der Waals surface area contributed by atoms with E-state index in [0.29, 0.717) is 10.8 Å². The largest absolute Gasteiger partial charge is 0.369 e. The molecule has 9 heteroatoms. The fourth-order valence-electron chi connectivity index (χ4n) is 1.41. The van der Waals surface area contributed by atoms with E-state index in [2.05, 4.69) is 15.4 Å². The SMILES string of the molecule is Cn1nc(C(=O)Nc2nc(CC(N)=O)cs2)ccc1=O. The van der Waals surface area contributed by atoms with Gasteiger partial charge in [-0.15, -0.1) is 11.3 Å². The number of primary amides is 1. The molecule has 104 valence electrons. The molecule has 0 aliphatic carbocycles. The molecule has 0 fully saturated rings. The lowest BCUT2D eigenvalue weighted by atomic mass is 10.3. The molecule has 0 saturated carbocycles. The first-order valence-corrected chi connectivity index (χ1v) is 6.42. The smallest absolute Gasteiger partial charge is 0.277 e. The maximum atomic E-state index is 11.9. The lowest BCUT2D eigenvalue weighted by Crippen LogP contribution is -2.23. The number of thiazole rings is 1. The second-order valence-electron chi connectivity index (χ2n) is 3.92. The number of nitrogens with one attached hydrogen (secondary N) is 1. The monoisotopic (exact) mass is 293 g/mol. The van der Waals surface area contributed by atoms with Crippen LogP contribution < -0.4 is 16.6 Å². The van der Waals surface area contributed by atoms with Crippen molar-refractivity contribution in [2.24, 2.45) is 12.8 Å². The molecule has 8 nitrogen and oxygen atoms in total. The van der Waals surface area contributed by atoms with Crippen molar-refractivity contribution in [2.75, 3.05) is 5.32 Å². The third-order valence-electron chi connectivity index (χ3n) is 2.32. The van der Waals surface area contributed by atoms with E-state index in [4.69, 9.17) is 5.73 Å². The Kier molecular flexibility index (Phi) is 3.89. The Morgan fingerprint density at radius 1 is 1.45 bits per heavy atom. The second kappa shape index (κ2) is 5.61. The number of carbonyl (C=O) groups excluding carboxylic acids is 2. The number of carbonyl (C=O) groups is 2. The third kappa shape index (κ3) is 3.26. The quantitative estimate of drug-likeness (QED) is 0.788. The summed E-state index contributed by atoms with van der Waals surface area (Å²) >= 11 is 1.17. The van der Waals surface area contributed by atoms with E-state index in [9.17, 15) is 14.4 Å². The van der Waals surface area contributed by atoms with E-state index in [1.807, 2.05) is 0 Å². The van der Waals surface area contributed by atoms with Crippen LogP contribution in [0.4, 0.5) is 5.13 Å². The molecule has 0 unspecified atom stereocenters. The first-order valence-electron chi connectivity index (χ1n) is 5.54. The highest BCUT2D eigenvalue weighted by Crippen LogP contribution is 2.16. The number of nitrogens with zero attached hydrogens (tertiary/aromatic N) is 3. The van der Waals surface area contributed by atoms with Crippen molar-refractivity contribution in [1.82, 2.24) is 14.8 Å². The first-order chi connectivity index (χ1) is 9.45. The van der Waals surface area contributed by atoms with Crippen LogP contribution in [0.1, 0.15) is 16.2 Å². The first kappa shape index (κ1) is 13.9. The molecular weight excluding hydrogens is 282 g/mol. The van der Waals surface area contributed by atoms with Crippen LogP contribution in [-0.4, -0.2) is 26.6 Å². The van der Waals surface area contributed by atoms with Gasteiger partial charge in [-0.05, 0) is 6.07 Å². The number of nitrogens with two attached hydrogens (primary N) is 1. The zero-order chi connectivity index (χ0) is 14.7. The highest BCUT2D eigenvalue weighted by Gasteiger charge is 2.12. The molecular formula is C11H11N5O3S. The summed E-state index contributed by atoms with van der Waals surface area (Å²) in [6.07, 6.45) is 0.0183. The van der Waals surface area contributed by atoms with Gasteiger partial charge in [0.1, 0.15) is 5.69 Å². The Balaban J connectivity index is 2.11. The zero-order valence-electron chi connectivity index (χ0n) is 10.5. The molecule has 0 aliphatic heterocycles. The minimum absolute atomic E-state index is 0.0183. The maximum Gasteiger partial charge on any atom is 0.277 e. The molecule has 3 N–H and O–H groups in total. The number of hydrogen-bond donors (Lipinski definition) is 2. The van der Waals surface area contributed by atoms with E-state index < -0.39 is 11.8 Å². The van der Waals surface area contributed by atoms with Crippen molar-refractivity contribution >= 4 is 28.3 Å². The van der Waals surface area contributed by atoms with Gasteiger partial charge >= 0.3 is 0 Å². The van der Waals surface area contributed by atoms with Gasteiger partial charge < -0.3 is 5.73 Å². The second-order valence-corrected chi connectivity index (χ2v) is 4.78. The lowest BCUT2D eigenvalue weighted by Gasteiger charge is -2.02. The number of amides is 2. The van der Waals surface area contributed by atoms with E-state index in [1.54, 1.807) is 5.38 Å². The van der Waals surface area contributed by atoms with Gasteiger partial charge in [-0.1, -0.05) is 0 Å². The molecule has 0 aromatic carbocycles. The predicted octanol–water partition coefficient (Wildman–Crippen LogP) is -0.483. The summed E-state index contributed by atoms with van der Waals surface area (Å²) in [4.78, 5) is 37.9. The van der Waals surface area contributed by atoms with Crippen LogP contribution in [0.5, 0.6) is 0 Å². The van der Waals surface area contributed by atoms with Crippen molar-refractivity contribution in [3.8, 4) is 0 Å². The van der Waals surface area contributed by atoms with Gasteiger partial charge in [0.25, 0.3) is 11.5 Å². The van der Waals surface area contributed by atoms with Crippen molar-refractivity contribution in [2.45, 2.75) is 6.42 Å². The Hall–Kier alpha value is -2.55. The predicted molar refractivity (Wildman–Crippen MR) is 72.4 cm³/mol. The summed E-state index contributed by atoms with van der Waals surface area (Å²) in [7, 11) is 1.45. The minimum atomic E-state index is -0.493. The van der Waals surface area contributed by atoms with Gasteiger partial charge in [-0.3, -0.25) is 19.7 Å². The van der Waals surface area contributed by atoms with Crippen LogP contribution >= 0.6 is 11.3 Å². The summed E-state index contributed by atoms with van der Waals surface area (Å²) in [5.74, 6) is -0.978. The van der Waals surface area contributed by atoms with Crippen LogP contribution in [0.25, 0.3) is 0 Å². The average molecular weight is 293 g/mol. The third-order valence-corrected chi connectivity index (χ3v) is 3.13. The Morgan fingerprint density at radius 2 is 2.20 bits per heavy atom. The molecule has 0 atom stereocenters.